The second-order valence-electron chi connectivity index (χ2n) is 4.38. The van der Waals surface area contributed by atoms with Crippen LogP contribution in [-0.2, 0) is 12.3 Å². The molecular formula is C15H13Cl2NO3. The Bertz CT molecular complexity index is 647. The average molecular weight is 326 g/mol. The van der Waals surface area contributed by atoms with Gasteiger partial charge < -0.3 is 4.74 Å². The van der Waals surface area contributed by atoms with E-state index in [4.69, 9.17) is 27.9 Å². The van der Waals surface area contributed by atoms with Crippen LogP contribution in [0.15, 0.2) is 42.5 Å². The average Bonchev–Trinajstić information content (AvgIpc) is 2.49. The van der Waals surface area contributed by atoms with E-state index in [2.05, 4.69) is 0 Å². The van der Waals surface area contributed by atoms with Crippen LogP contribution < -0.4 is 4.74 Å². The van der Waals surface area contributed by atoms with Crippen molar-refractivity contribution in [2.24, 2.45) is 0 Å². The van der Waals surface area contributed by atoms with Gasteiger partial charge in [-0.1, -0.05) is 35.9 Å². The lowest BCUT2D eigenvalue weighted by Gasteiger charge is -2.09. The Morgan fingerprint density at radius 3 is 2.62 bits per heavy atom. The molecule has 0 saturated heterocycles. The van der Waals surface area contributed by atoms with Crippen molar-refractivity contribution in [3.63, 3.8) is 0 Å². The summed E-state index contributed by atoms with van der Waals surface area (Å²) in [5.74, 6) is 0.931. The molecule has 0 fully saturated rings. The minimum atomic E-state index is -0.391. The van der Waals surface area contributed by atoms with Gasteiger partial charge in [-0.2, -0.15) is 0 Å². The van der Waals surface area contributed by atoms with Crippen molar-refractivity contribution in [2.45, 2.75) is 12.3 Å². The van der Waals surface area contributed by atoms with E-state index < -0.39 is 4.92 Å². The van der Waals surface area contributed by atoms with Gasteiger partial charge in [0.25, 0.3) is 5.69 Å². The third kappa shape index (κ3) is 4.09. The molecule has 0 aliphatic heterocycles. The Labute approximate surface area is 132 Å². The maximum Gasteiger partial charge on any atom is 0.272 e. The lowest BCUT2D eigenvalue weighted by atomic mass is 10.1. The summed E-state index contributed by atoms with van der Waals surface area (Å²) in [7, 11) is 0. The molecule has 21 heavy (non-hydrogen) atoms. The molecule has 4 nitrogen and oxygen atoms in total. The number of halogens is 2. The number of nitrogens with zero attached hydrogens (tertiary/aromatic N) is 1. The summed E-state index contributed by atoms with van der Waals surface area (Å²) in [5, 5.41) is 11.4. The highest BCUT2D eigenvalue weighted by Crippen LogP contribution is 2.26. The molecule has 0 atom stereocenters. The monoisotopic (exact) mass is 325 g/mol. The number of ether oxygens (including phenoxy) is 1. The Balaban J connectivity index is 2.00. The van der Waals surface area contributed by atoms with Crippen molar-refractivity contribution in [1.82, 2.24) is 0 Å². The zero-order valence-corrected chi connectivity index (χ0v) is 12.6. The molecule has 0 N–H and O–H groups in total. The van der Waals surface area contributed by atoms with E-state index >= 15 is 0 Å². The maximum atomic E-state index is 10.9. The molecule has 0 bridgehead atoms. The van der Waals surface area contributed by atoms with Gasteiger partial charge in [0, 0.05) is 23.9 Å². The van der Waals surface area contributed by atoms with Crippen LogP contribution in [0.2, 0.25) is 5.02 Å². The molecule has 110 valence electrons. The van der Waals surface area contributed by atoms with Crippen molar-refractivity contribution in [1.29, 1.82) is 0 Å². The SMILES string of the molecule is O=[N+]([O-])c1ccccc1CCOc1ccc(CCl)cc1Cl. The second kappa shape index (κ2) is 7.29. The topological polar surface area (TPSA) is 52.4 Å². The molecule has 0 spiro atoms. The van der Waals surface area contributed by atoms with Gasteiger partial charge in [-0.15, -0.1) is 11.6 Å². The molecule has 0 amide bonds. The van der Waals surface area contributed by atoms with Gasteiger partial charge in [-0.3, -0.25) is 10.1 Å². The fourth-order valence-corrected chi connectivity index (χ4v) is 2.34. The first-order valence-corrected chi connectivity index (χ1v) is 7.22. The number of nitro groups is 1. The van der Waals surface area contributed by atoms with E-state index in [0.29, 0.717) is 35.2 Å². The first kappa shape index (κ1) is 15.6. The normalized spacial score (nSPS) is 10.4. The van der Waals surface area contributed by atoms with Crippen molar-refractivity contribution < 1.29 is 9.66 Å². The van der Waals surface area contributed by atoms with Gasteiger partial charge in [0.1, 0.15) is 5.75 Å². The molecule has 0 unspecified atom stereocenters. The molecule has 0 radical (unpaired) electrons. The molecule has 0 aliphatic carbocycles. The summed E-state index contributed by atoms with van der Waals surface area (Å²) in [6.45, 7) is 0.310. The van der Waals surface area contributed by atoms with Gasteiger partial charge in [0.2, 0.25) is 0 Å². The number of nitro benzene ring substituents is 1. The van der Waals surface area contributed by atoms with E-state index in [-0.39, 0.29) is 5.69 Å². The zero-order valence-electron chi connectivity index (χ0n) is 11.1. The van der Waals surface area contributed by atoms with Crippen molar-refractivity contribution in [2.75, 3.05) is 6.61 Å². The Kier molecular flexibility index (Phi) is 5.42. The van der Waals surface area contributed by atoms with Gasteiger partial charge >= 0.3 is 0 Å². The summed E-state index contributed by atoms with van der Waals surface area (Å²) < 4.78 is 5.58. The lowest BCUT2D eigenvalue weighted by Crippen LogP contribution is -2.04. The van der Waals surface area contributed by atoms with Crippen LogP contribution in [0.4, 0.5) is 5.69 Å². The van der Waals surface area contributed by atoms with Gasteiger partial charge in [0.15, 0.2) is 0 Å². The minimum Gasteiger partial charge on any atom is -0.492 e. The fraction of sp³-hybridized carbons (Fsp3) is 0.200. The minimum absolute atomic E-state index is 0.102. The largest absolute Gasteiger partial charge is 0.492 e. The first-order valence-electron chi connectivity index (χ1n) is 6.31. The van der Waals surface area contributed by atoms with Crippen LogP contribution in [0, 0.1) is 10.1 Å². The smallest absolute Gasteiger partial charge is 0.272 e. The highest BCUT2D eigenvalue weighted by molar-refractivity contribution is 6.32. The summed E-state index contributed by atoms with van der Waals surface area (Å²) in [6, 6.07) is 11.9. The third-order valence-electron chi connectivity index (χ3n) is 2.97. The number of hydrogen-bond acceptors (Lipinski definition) is 3. The number of hydrogen-bond donors (Lipinski definition) is 0. The predicted molar refractivity (Wildman–Crippen MR) is 83.3 cm³/mol. The quantitative estimate of drug-likeness (QED) is 0.442. The number of benzene rings is 2. The molecule has 0 saturated carbocycles. The fourth-order valence-electron chi connectivity index (χ4n) is 1.92. The van der Waals surface area contributed by atoms with Crippen LogP contribution in [-0.4, -0.2) is 11.5 Å². The van der Waals surface area contributed by atoms with E-state index in [1.807, 2.05) is 6.07 Å². The number of alkyl halides is 1. The maximum absolute atomic E-state index is 10.9. The Morgan fingerprint density at radius 2 is 1.95 bits per heavy atom. The van der Waals surface area contributed by atoms with Crippen LogP contribution in [0.1, 0.15) is 11.1 Å². The third-order valence-corrected chi connectivity index (χ3v) is 3.57. The van der Waals surface area contributed by atoms with E-state index in [9.17, 15) is 10.1 Å². The molecule has 2 rings (SSSR count). The van der Waals surface area contributed by atoms with Gasteiger partial charge in [-0.25, -0.2) is 0 Å². The highest BCUT2D eigenvalue weighted by atomic mass is 35.5. The van der Waals surface area contributed by atoms with Crippen LogP contribution in [0.3, 0.4) is 0 Å². The lowest BCUT2D eigenvalue weighted by molar-refractivity contribution is -0.385. The second-order valence-corrected chi connectivity index (χ2v) is 5.06. The van der Waals surface area contributed by atoms with Crippen molar-refractivity contribution in [3.8, 4) is 5.75 Å². The molecule has 6 heteroatoms. The number of para-hydroxylation sites is 1. The van der Waals surface area contributed by atoms with Crippen molar-refractivity contribution in [3.05, 3.63) is 68.7 Å². The summed E-state index contributed by atoms with van der Waals surface area (Å²) in [6.07, 6.45) is 0.435. The van der Waals surface area contributed by atoms with E-state index in [1.54, 1.807) is 30.3 Å². The zero-order chi connectivity index (χ0) is 15.2. The Hall–Kier alpha value is -1.78. The van der Waals surface area contributed by atoms with Crippen LogP contribution in [0.25, 0.3) is 0 Å². The standard InChI is InChI=1S/C15H13Cl2NO3/c16-10-11-5-6-15(13(17)9-11)21-8-7-12-3-1-2-4-14(12)18(19)20/h1-6,9H,7-8,10H2. The molecular weight excluding hydrogens is 313 g/mol. The first-order chi connectivity index (χ1) is 10.1. The van der Waals surface area contributed by atoms with Crippen LogP contribution >= 0.6 is 23.2 Å². The van der Waals surface area contributed by atoms with Crippen LogP contribution in [0.5, 0.6) is 5.75 Å². The van der Waals surface area contributed by atoms with Gasteiger partial charge in [-0.05, 0) is 17.7 Å². The van der Waals surface area contributed by atoms with E-state index in [0.717, 1.165) is 5.56 Å². The van der Waals surface area contributed by atoms with E-state index in [1.165, 1.54) is 6.07 Å². The molecule has 0 heterocycles. The molecule has 0 aromatic heterocycles. The molecule has 2 aromatic rings. The number of rotatable bonds is 6. The molecule has 2 aromatic carbocycles. The summed E-state index contributed by atoms with van der Waals surface area (Å²) in [5.41, 5.74) is 1.65. The van der Waals surface area contributed by atoms with Crippen molar-refractivity contribution >= 4 is 28.9 Å². The predicted octanol–water partition coefficient (Wildman–Crippen LogP) is 4.61. The summed E-state index contributed by atoms with van der Waals surface area (Å²) >= 11 is 11.8. The Morgan fingerprint density at radius 1 is 1.19 bits per heavy atom. The molecule has 0 aliphatic rings. The summed E-state index contributed by atoms with van der Waals surface area (Å²) in [4.78, 5) is 10.5. The van der Waals surface area contributed by atoms with Gasteiger partial charge in [0.05, 0.1) is 16.6 Å². The highest BCUT2D eigenvalue weighted by Gasteiger charge is 2.12.